The Morgan fingerprint density at radius 2 is 1.56 bits per heavy atom. The maximum Gasteiger partial charge on any atom is 0.409 e. The normalized spacial score (nSPS) is 19.1. The van der Waals surface area contributed by atoms with Crippen molar-refractivity contribution in [3.05, 3.63) is 66.0 Å². The summed E-state index contributed by atoms with van der Waals surface area (Å²) in [4.78, 5) is 21.2. The number of carbonyl (C=O) groups is 1. The molecule has 32 heavy (non-hydrogen) atoms. The first-order chi connectivity index (χ1) is 15.6. The first-order valence-corrected chi connectivity index (χ1v) is 11.6. The molecule has 2 aromatic rings. The van der Waals surface area contributed by atoms with Gasteiger partial charge in [0.1, 0.15) is 5.82 Å². The summed E-state index contributed by atoms with van der Waals surface area (Å²) in [6.45, 7) is 9.96. The highest BCUT2D eigenvalue weighted by atomic mass is 19.1. The van der Waals surface area contributed by atoms with Crippen molar-refractivity contribution in [3.63, 3.8) is 0 Å². The van der Waals surface area contributed by atoms with Crippen molar-refractivity contribution < 1.29 is 13.9 Å². The van der Waals surface area contributed by atoms with Crippen molar-refractivity contribution >= 4 is 11.8 Å². The van der Waals surface area contributed by atoms with Gasteiger partial charge in [-0.3, -0.25) is 9.80 Å². The van der Waals surface area contributed by atoms with Crippen LogP contribution in [0.3, 0.4) is 0 Å². The van der Waals surface area contributed by atoms with Crippen molar-refractivity contribution in [1.82, 2.24) is 14.7 Å². The van der Waals surface area contributed by atoms with Crippen molar-refractivity contribution in [1.29, 1.82) is 0 Å². The van der Waals surface area contributed by atoms with Gasteiger partial charge in [0.15, 0.2) is 0 Å². The lowest BCUT2D eigenvalue weighted by Gasteiger charge is -2.43. The largest absolute Gasteiger partial charge is 0.450 e. The van der Waals surface area contributed by atoms with E-state index in [0.29, 0.717) is 19.7 Å². The van der Waals surface area contributed by atoms with Gasteiger partial charge >= 0.3 is 6.09 Å². The molecule has 6 nitrogen and oxygen atoms in total. The van der Waals surface area contributed by atoms with E-state index in [1.54, 1.807) is 17.0 Å². The van der Waals surface area contributed by atoms with Gasteiger partial charge in [0.05, 0.1) is 6.61 Å². The van der Waals surface area contributed by atoms with E-state index in [1.807, 2.05) is 25.1 Å². The van der Waals surface area contributed by atoms with Crippen molar-refractivity contribution in [2.24, 2.45) is 0 Å². The number of hydrogen-bond acceptors (Lipinski definition) is 5. The molecular weight excluding hydrogens is 407 g/mol. The lowest BCUT2D eigenvalue weighted by atomic mass is 10.0. The van der Waals surface area contributed by atoms with Gasteiger partial charge in [-0.1, -0.05) is 30.3 Å². The number of hydrogen-bond donors (Lipinski definition) is 0. The zero-order valence-corrected chi connectivity index (χ0v) is 18.8. The van der Waals surface area contributed by atoms with E-state index < -0.39 is 0 Å². The van der Waals surface area contributed by atoms with Crippen LogP contribution in [0.4, 0.5) is 14.9 Å². The minimum Gasteiger partial charge on any atom is -0.450 e. The molecule has 2 aliphatic heterocycles. The van der Waals surface area contributed by atoms with Crippen LogP contribution < -0.4 is 4.90 Å². The molecule has 1 unspecified atom stereocenters. The second-order valence-electron chi connectivity index (χ2n) is 8.41. The molecule has 0 aromatic heterocycles. The zero-order chi connectivity index (χ0) is 22.3. The highest BCUT2D eigenvalue weighted by molar-refractivity contribution is 5.67. The molecular formula is C25H33FN4O2. The van der Waals surface area contributed by atoms with Gasteiger partial charge in [-0.2, -0.15) is 0 Å². The number of halogens is 1. The fourth-order valence-electron chi connectivity index (χ4n) is 4.62. The highest BCUT2D eigenvalue weighted by Gasteiger charge is 2.29. The number of ether oxygens (including phenoxy) is 1. The fraction of sp³-hybridized carbons (Fsp3) is 0.480. The number of piperazine rings is 2. The summed E-state index contributed by atoms with van der Waals surface area (Å²) < 4.78 is 18.7. The third-order valence-electron chi connectivity index (χ3n) is 6.46. The first-order valence-electron chi connectivity index (χ1n) is 11.6. The van der Waals surface area contributed by atoms with E-state index in [9.17, 15) is 9.18 Å². The average Bonchev–Trinajstić information content (AvgIpc) is 2.84. The van der Waals surface area contributed by atoms with E-state index in [2.05, 4.69) is 39.0 Å². The number of carbonyl (C=O) groups excluding carboxylic acids is 1. The maximum atomic E-state index is 13.6. The number of para-hydroxylation sites is 1. The molecule has 4 rings (SSSR count). The Hall–Kier alpha value is -2.64. The summed E-state index contributed by atoms with van der Waals surface area (Å²) in [5, 5.41) is 0. The average molecular weight is 441 g/mol. The third-order valence-corrected chi connectivity index (χ3v) is 6.46. The second kappa shape index (κ2) is 10.8. The summed E-state index contributed by atoms with van der Waals surface area (Å²) in [5.74, 6) is -0.204. The second-order valence-corrected chi connectivity index (χ2v) is 8.41. The smallest absolute Gasteiger partial charge is 0.409 e. The number of amides is 1. The van der Waals surface area contributed by atoms with E-state index in [1.165, 1.54) is 5.69 Å². The molecule has 7 heteroatoms. The number of benzene rings is 2. The van der Waals surface area contributed by atoms with Gasteiger partial charge < -0.3 is 14.5 Å². The molecule has 1 atom stereocenters. The van der Waals surface area contributed by atoms with Crippen LogP contribution in [0.25, 0.3) is 0 Å². The summed E-state index contributed by atoms with van der Waals surface area (Å²) in [6.07, 6.45) is -0.223. The van der Waals surface area contributed by atoms with Crippen LogP contribution in [0, 0.1) is 5.82 Å². The van der Waals surface area contributed by atoms with Crippen LogP contribution in [0.2, 0.25) is 0 Å². The van der Waals surface area contributed by atoms with Gasteiger partial charge in [-0.05, 0) is 36.8 Å². The molecule has 2 aromatic carbocycles. The van der Waals surface area contributed by atoms with Crippen LogP contribution in [0.1, 0.15) is 18.5 Å². The van der Waals surface area contributed by atoms with E-state index in [4.69, 9.17) is 4.74 Å². The first kappa shape index (κ1) is 22.6. The predicted molar refractivity (Wildman–Crippen MR) is 124 cm³/mol. The van der Waals surface area contributed by atoms with E-state index in [0.717, 1.165) is 51.4 Å². The molecule has 2 aliphatic rings. The molecule has 0 spiro atoms. The standard InChI is InChI=1S/C25H33FN4O2/c1-2-32-25(31)30-14-12-27(13-15-30)20-24(21-8-10-22(26)11-9-21)29-18-16-28(17-19-29)23-6-4-3-5-7-23/h3-11,24H,2,12-20H2,1H3. The Kier molecular flexibility index (Phi) is 7.60. The van der Waals surface area contributed by atoms with Crippen molar-refractivity contribution in [2.45, 2.75) is 13.0 Å². The van der Waals surface area contributed by atoms with Crippen molar-refractivity contribution in [2.75, 3.05) is 70.4 Å². The monoisotopic (exact) mass is 440 g/mol. The molecule has 0 radical (unpaired) electrons. The van der Waals surface area contributed by atoms with Gasteiger partial charge in [0.25, 0.3) is 0 Å². The van der Waals surface area contributed by atoms with E-state index in [-0.39, 0.29) is 18.0 Å². The van der Waals surface area contributed by atoms with Gasteiger partial charge in [0, 0.05) is 70.6 Å². The van der Waals surface area contributed by atoms with Crippen LogP contribution in [0.5, 0.6) is 0 Å². The van der Waals surface area contributed by atoms with Gasteiger partial charge in [-0.25, -0.2) is 9.18 Å². The molecule has 1 amide bonds. The Bertz CT molecular complexity index is 848. The highest BCUT2D eigenvalue weighted by Crippen LogP contribution is 2.26. The van der Waals surface area contributed by atoms with Crippen molar-refractivity contribution in [3.8, 4) is 0 Å². The Morgan fingerprint density at radius 1 is 0.906 bits per heavy atom. The van der Waals surface area contributed by atoms with Crippen LogP contribution in [-0.4, -0.2) is 86.3 Å². The molecule has 0 bridgehead atoms. The van der Waals surface area contributed by atoms with Gasteiger partial charge in [0.2, 0.25) is 0 Å². The molecule has 0 saturated carbocycles. The van der Waals surface area contributed by atoms with E-state index >= 15 is 0 Å². The SMILES string of the molecule is CCOC(=O)N1CCN(CC(c2ccc(F)cc2)N2CCN(c3ccccc3)CC2)CC1. The molecule has 0 N–H and O–H groups in total. The van der Waals surface area contributed by atoms with Crippen LogP contribution in [-0.2, 0) is 4.74 Å². The summed E-state index contributed by atoms with van der Waals surface area (Å²) in [7, 11) is 0. The molecule has 2 heterocycles. The maximum absolute atomic E-state index is 13.6. The fourth-order valence-corrected chi connectivity index (χ4v) is 4.62. The summed E-state index contributed by atoms with van der Waals surface area (Å²) in [6, 6.07) is 17.7. The number of anilines is 1. The Labute approximate surface area is 190 Å². The molecule has 172 valence electrons. The summed E-state index contributed by atoms with van der Waals surface area (Å²) >= 11 is 0. The molecule has 0 aliphatic carbocycles. The molecule has 2 saturated heterocycles. The zero-order valence-electron chi connectivity index (χ0n) is 18.8. The Morgan fingerprint density at radius 3 is 2.19 bits per heavy atom. The Balaban J connectivity index is 1.40. The lowest BCUT2D eigenvalue weighted by Crippen LogP contribution is -2.53. The lowest BCUT2D eigenvalue weighted by molar-refractivity contribution is 0.0652. The number of rotatable bonds is 6. The minimum absolute atomic E-state index is 0.197. The van der Waals surface area contributed by atoms with Gasteiger partial charge in [-0.15, -0.1) is 0 Å². The third kappa shape index (κ3) is 5.58. The minimum atomic E-state index is -0.223. The summed E-state index contributed by atoms with van der Waals surface area (Å²) in [5.41, 5.74) is 2.41. The quantitative estimate of drug-likeness (QED) is 0.688. The van der Waals surface area contributed by atoms with Crippen LogP contribution >= 0.6 is 0 Å². The topological polar surface area (TPSA) is 39.3 Å². The van der Waals surface area contributed by atoms with Crippen LogP contribution in [0.15, 0.2) is 54.6 Å². The predicted octanol–water partition coefficient (Wildman–Crippen LogP) is 3.46. The molecule has 2 fully saturated rings. The number of nitrogens with zero attached hydrogens (tertiary/aromatic N) is 4.